The van der Waals surface area contributed by atoms with Gasteiger partial charge in [-0.15, -0.1) is 0 Å². The number of benzene rings is 4. The van der Waals surface area contributed by atoms with Crippen LogP contribution in [0.2, 0.25) is 0 Å². The summed E-state index contributed by atoms with van der Waals surface area (Å²) >= 11 is 0. The number of hydrogen-bond donors (Lipinski definition) is 3. The summed E-state index contributed by atoms with van der Waals surface area (Å²) in [6.45, 7) is 19.7. The van der Waals surface area contributed by atoms with Crippen LogP contribution in [0.15, 0.2) is 97.1 Å². The number of likely N-dealkylation sites (N-methyl/N-ethyl adjacent to an activating group) is 1. The molecule has 4 aromatic carbocycles. The summed E-state index contributed by atoms with van der Waals surface area (Å²) < 4.78 is 0. The molecule has 2 fully saturated rings. The number of rotatable bonds is 26. The van der Waals surface area contributed by atoms with E-state index in [0.29, 0.717) is 82.5 Å². The van der Waals surface area contributed by atoms with Crippen LogP contribution in [0.25, 0.3) is 10.8 Å². The van der Waals surface area contributed by atoms with E-state index in [1.165, 1.54) is 0 Å². The number of hydrogen-bond acceptors (Lipinski definition) is 9. The fraction of sp³-hybridized carbons (Fsp3) is 0.538. The smallest absolute Gasteiger partial charge is 0.251 e. The number of amides is 6. The molecule has 2 saturated heterocycles. The first-order chi connectivity index (χ1) is 38.0. The van der Waals surface area contributed by atoms with Crippen LogP contribution in [0.5, 0.6) is 0 Å². The van der Waals surface area contributed by atoms with Crippen LogP contribution in [0, 0.1) is 22.7 Å². The summed E-state index contributed by atoms with van der Waals surface area (Å²) in [5, 5.41) is 10.3. The highest BCUT2D eigenvalue weighted by atomic mass is 16.2. The number of carbonyl (C=O) groups excluding carboxylic acids is 8. The highest BCUT2D eigenvalue weighted by molar-refractivity contribution is 6.04. The van der Waals surface area contributed by atoms with Crippen LogP contribution in [-0.2, 0) is 41.6 Å². The number of ketones is 2. The predicted molar refractivity (Wildman–Crippen MR) is 315 cm³/mol. The Morgan fingerprint density at radius 2 is 1.15 bits per heavy atom. The van der Waals surface area contributed by atoms with E-state index in [4.69, 9.17) is 0 Å². The lowest BCUT2D eigenvalue weighted by Crippen LogP contribution is -2.57. The zero-order valence-corrected chi connectivity index (χ0v) is 49.3. The van der Waals surface area contributed by atoms with Gasteiger partial charge in [-0.3, -0.25) is 38.4 Å². The Balaban J connectivity index is 1.09. The van der Waals surface area contributed by atoms with E-state index < -0.39 is 28.7 Å². The van der Waals surface area contributed by atoms with Crippen molar-refractivity contribution >= 4 is 57.8 Å². The molecule has 0 radical (unpaired) electrons. The normalized spacial score (nSPS) is 17.1. The van der Waals surface area contributed by atoms with Gasteiger partial charge < -0.3 is 35.6 Å². The summed E-state index contributed by atoms with van der Waals surface area (Å²) in [6.07, 6.45) is 4.93. The molecule has 6 rings (SSSR count). The van der Waals surface area contributed by atoms with Crippen LogP contribution in [0.3, 0.4) is 0 Å². The average Bonchev–Trinajstić information content (AvgIpc) is 4.13. The lowest BCUT2D eigenvalue weighted by molar-refractivity contribution is -0.144. The third-order valence-corrected chi connectivity index (χ3v) is 16.4. The summed E-state index contributed by atoms with van der Waals surface area (Å²) in [5.74, 6) is -2.23. The molecule has 3 N–H and O–H groups in total. The van der Waals surface area contributed by atoms with Gasteiger partial charge in [0.2, 0.25) is 29.5 Å². The van der Waals surface area contributed by atoms with E-state index in [1.54, 1.807) is 60.2 Å². The van der Waals surface area contributed by atoms with Gasteiger partial charge in [-0.1, -0.05) is 134 Å². The maximum Gasteiger partial charge on any atom is 0.251 e. The molecule has 0 aromatic heterocycles. The summed E-state index contributed by atoms with van der Waals surface area (Å²) in [4.78, 5) is 118. The largest absolute Gasteiger partial charge is 0.344 e. The summed E-state index contributed by atoms with van der Waals surface area (Å²) in [7, 11) is 1.73. The lowest BCUT2D eigenvalue weighted by atomic mass is 9.76. The van der Waals surface area contributed by atoms with Crippen molar-refractivity contribution in [3.05, 3.63) is 119 Å². The van der Waals surface area contributed by atoms with Crippen molar-refractivity contribution in [3.8, 4) is 0 Å². The zero-order chi connectivity index (χ0) is 58.3. The Hall–Kier alpha value is -6.74. The number of nitrogens with zero attached hydrogens (tertiary/aromatic N) is 4. The Morgan fingerprint density at radius 3 is 1.66 bits per heavy atom. The quantitative estimate of drug-likeness (QED) is 0.0519. The number of Topliss-reactive ketones (excluding diaryl/α,β-unsaturated/α-hetero) is 2. The topological polar surface area (TPSA) is 186 Å². The van der Waals surface area contributed by atoms with Crippen molar-refractivity contribution in [3.63, 3.8) is 0 Å². The van der Waals surface area contributed by atoms with Crippen molar-refractivity contribution < 1.29 is 38.4 Å². The molecule has 2 heterocycles. The number of nitrogens with one attached hydrogen (secondary N) is 3. The number of fused-ring (bicyclic) bond motifs is 1. The molecule has 0 spiro atoms. The van der Waals surface area contributed by atoms with Crippen LogP contribution < -0.4 is 16.0 Å². The Morgan fingerprint density at radius 1 is 0.637 bits per heavy atom. The summed E-state index contributed by atoms with van der Waals surface area (Å²) in [6, 6.07) is 28.6. The molecule has 6 amide bonds. The van der Waals surface area contributed by atoms with Crippen molar-refractivity contribution in [2.45, 2.75) is 151 Å². The van der Waals surface area contributed by atoms with E-state index in [0.717, 1.165) is 34.7 Å². The third-order valence-electron chi connectivity index (χ3n) is 16.4. The predicted octanol–water partition coefficient (Wildman–Crippen LogP) is 8.46. The van der Waals surface area contributed by atoms with Crippen molar-refractivity contribution in [1.82, 2.24) is 35.6 Å². The molecule has 0 unspecified atom stereocenters. The lowest BCUT2D eigenvalue weighted by Gasteiger charge is -2.37. The van der Waals surface area contributed by atoms with E-state index in [9.17, 15) is 38.4 Å². The second-order valence-corrected chi connectivity index (χ2v) is 24.4. The van der Waals surface area contributed by atoms with E-state index in [-0.39, 0.29) is 91.0 Å². The molecular weight excluding hydrogens is 1010 g/mol. The zero-order valence-electron chi connectivity index (χ0n) is 49.3. The van der Waals surface area contributed by atoms with Crippen molar-refractivity contribution in [2.75, 3.05) is 52.9 Å². The highest BCUT2D eigenvalue weighted by Gasteiger charge is 2.42. The molecule has 6 atom stereocenters. The first kappa shape index (κ1) is 62.5. The minimum absolute atomic E-state index is 0.0170. The Kier molecular flexibility index (Phi) is 22.3. The van der Waals surface area contributed by atoms with Gasteiger partial charge in [0.25, 0.3) is 5.91 Å². The molecule has 2 aliphatic rings. The number of carbonyl (C=O) groups is 8. The minimum Gasteiger partial charge on any atom is -0.344 e. The average molecular weight is 1100 g/mol. The Bertz CT molecular complexity index is 2600. The molecule has 2 aliphatic heterocycles. The third kappa shape index (κ3) is 17.1. The van der Waals surface area contributed by atoms with Gasteiger partial charge in [-0.05, 0) is 110 Å². The van der Waals surface area contributed by atoms with E-state index >= 15 is 0 Å². The molecular formula is C65H89N7O8. The van der Waals surface area contributed by atoms with Gasteiger partial charge in [0, 0.05) is 93.6 Å². The molecule has 80 heavy (non-hydrogen) atoms. The maximum atomic E-state index is 14.3. The van der Waals surface area contributed by atoms with Crippen molar-refractivity contribution in [1.29, 1.82) is 0 Å². The van der Waals surface area contributed by atoms with E-state index in [2.05, 4.69) is 16.0 Å². The molecule has 15 nitrogen and oxygen atoms in total. The van der Waals surface area contributed by atoms with Gasteiger partial charge >= 0.3 is 0 Å². The van der Waals surface area contributed by atoms with Crippen molar-refractivity contribution in [2.24, 2.45) is 22.7 Å². The minimum atomic E-state index is -0.726. The van der Waals surface area contributed by atoms with Crippen LogP contribution in [0.4, 0.5) is 0 Å². The SMILES string of the molecule is CC[C@@H](C)C(=O)N[C@H](C(=O)N1CCC[C@H]1CN(CCc1ccccc1)C(=O)CCC(=O)c1ccc2cc(C(=O)NCC(=O)N(CCc3ccccc3)C[C@@H]3CCCN3C(=O)[C@@H](CC(=O)[C@H](C)NC)C(C)(C)C)ccc2c1)C(C)(C)C. The monoisotopic (exact) mass is 1100 g/mol. The van der Waals surface area contributed by atoms with Crippen LogP contribution >= 0.6 is 0 Å². The van der Waals surface area contributed by atoms with Gasteiger partial charge in [-0.2, -0.15) is 0 Å². The fourth-order valence-corrected chi connectivity index (χ4v) is 10.8. The molecule has 432 valence electrons. The molecule has 15 heteroatoms. The fourth-order valence-electron chi connectivity index (χ4n) is 10.8. The highest BCUT2D eigenvalue weighted by Crippen LogP contribution is 2.34. The van der Waals surface area contributed by atoms with Gasteiger partial charge in [-0.25, -0.2) is 0 Å². The van der Waals surface area contributed by atoms with Gasteiger partial charge in [0.15, 0.2) is 5.78 Å². The first-order valence-electron chi connectivity index (χ1n) is 29.1. The van der Waals surface area contributed by atoms with Crippen LogP contribution in [0.1, 0.15) is 146 Å². The number of likely N-dealkylation sites (tertiary alicyclic amines) is 2. The first-order valence-corrected chi connectivity index (χ1v) is 29.1. The Labute approximate surface area is 475 Å². The molecule has 0 bridgehead atoms. The van der Waals surface area contributed by atoms with Crippen LogP contribution in [-0.4, -0.2) is 144 Å². The second-order valence-electron chi connectivity index (χ2n) is 24.4. The molecule has 0 saturated carbocycles. The van der Waals surface area contributed by atoms with Gasteiger partial charge in [0.1, 0.15) is 11.8 Å². The standard InChI is InChI=1S/C65H89N7O8/c1-11-44(2)60(77)68-59(65(7,8)9)63(80)72-35-19-25-53(72)42-69(36-32-46-20-14-12-15-21-46)57(75)31-30-55(73)50-28-26-49-39-51(29-27-48(49)38-50)61(78)67-41-58(76)70(37-33-47-22-16-13-17-23-47)43-52-24-18-34-71(52)62(79)54(64(4,5)6)40-56(74)45(3)66-10/h12-17,20-23,26-29,38-39,44-45,52-54,59,66H,11,18-19,24-25,30-37,40-43H2,1-10H3,(H,67,78)(H,68,77)/t44-,45+,52+,53+,54-,59-/m1/s1. The van der Waals surface area contributed by atoms with E-state index in [1.807, 2.05) is 126 Å². The molecule has 0 aliphatic carbocycles. The van der Waals surface area contributed by atoms with Gasteiger partial charge in [0.05, 0.1) is 12.6 Å². The second kappa shape index (κ2) is 28.6. The molecule has 4 aromatic rings. The maximum absolute atomic E-state index is 14.3. The summed E-state index contributed by atoms with van der Waals surface area (Å²) in [5.41, 5.74) is 1.91.